The number of hydrogen-bond donors (Lipinski definition) is 0. The molecule has 0 saturated heterocycles. The zero-order chi connectivity index (χ0) is 13.9. The van der Waals surface area contributed by atoms with Crippen LogP contribution in [0.2, 0.25) is 0 Å². The third-order valence-corrected chi connectivity index (χ3v) is 4.61. The second kappa shape index (κ2) is 5.86. The molecular formula is C17H13ClOS. The summed E-state index contributed by atoms with van der Waals surface area (Å²) in [6.45, 7) is 0. The van der Waals surface area contributed by atoms with Gasteiger partial charge in [0, 0.05) is 17.1 Å². The molecule has 3 heteroatoms. The van der Waals surface area contributed by atoms with Crippen molar-refractivity contribution in [1.82, 2.24) is 0 Å². The number of allylic oxidation sites excluding steroid dienone is 1. The zero-order valence-corrected chi connectivity index (χ0v) is 12.4. The zero-order valence-electron chi connectivity index (χ0n) is 10.8. The monoisotopic (exact) mass is 300 g/mol. The molecule has 20 heavy (non-hydrogen) atoms. The summed E-state index contributed by atoms with van der Waals surface area (Å²) in [4.78, 5) is 12.4. The molecule has 0 amide bonds. The van der Waals surface area contributed by atoms with Gasteiger partial charge in [-0.25, -0.2) is 0 Å². The molecule has 3 rings (SSSR count). The normalized spacial score (nSPS) is 15.3. The third kappa shape index (κ3) is 2.67. The minimum atomic E-state index is -0.329. The molecule has 1 aliphatic heterocycles. The summed E-state index contributed by atoms with van der Waals surface area (Å²) in [6.07, 6.45) is 2.20. The fourth-order valence-corrected chi connectivity index (χ4v) is 3.57. The maximum absolute atomic E-state index is 11.1. The lowest BCUT2D eigenvalue weighted by Gasteiger charge is -2.10. The highest BCUT2D eigenvalue weighted by Gasteiger charge is 2.17. The summed E-state index contributed by atoms with van der Waals surface area (Å²) in [6, 6.07) is 16.7. The molecule has 0 radical (unpaired) electrons. The highest BCUT2D eigenvalue weighted by molar-refractivity contribution is 7.98. The Hall–Kier alpha value is -1.51. The fourth-order valence-electron chi connectivity index (χ4n) is 2.43. The quantitative estimate of drug-likeness (QED) is 0.735. The van der Waals surface area contributed by atoms with Gasteiger partial charge in [0.2, 0.25) is 5.24 Å². The van der Waals surface area contributed by atoms with Crippen molar-refractivity contribution in [2.24, 2.45) is 0 Å². The Kier molecular flexibility index (Phi) is 3.95. The van der Waals surface area contributed by atoms with Crippen LogP contribution in [0.3, 0.4) is 0 Å². The number of benzene rings is 2. The standard InChI is InChI=1S/C17H13ClOS/c18-17(19)10-9-14-13-6-2-1-5-12(13)11-20-16-8-4-3-7-15(14)16/h1-9H,10-11H2/b14-9+. The molecule has 100 valence electrons. The highest BCUT2D eigenvalue weighted by Crippen LogP contribution is 2.39. The minimum Gasteiger partial charge on any atom is -0.281 e. The number of thioether (sulfide) groups is 1. The summed E-state index contributed by atoms with van der Waals surface area (Å²) in [5.41, 5.74) is 4.78. The Morgan fingerprint density at radius 2 is 1.80 bits per heavy atom. The van der Waals surface area contributed by atoms with E-state index in [1.165, 1.54) is 21.6 Å². The van der Waals surface area contributed by atoms with Crippen LogP contribution in [0.5, 0.6) is 0 Å². The maximum atomic E-state index is 11.1. The predicted octanol–water partition coefficient (Wildman–Crippen LogP) is 4.88. The van der Waals surface area contributed by atoms with Crippen molar-refractivity contribution < 1.29 is 4.79 Å². The van der Waals surface area contributed by atoms with Gasteiger partial charge in [-0.15, -0.1) is 11.8 Å². The van der Waals surface area contributed by atoms with Gasteiger partial charge >= 0.3 is 0 Å². The van der Waals surface area contributed by atoms with Gasteiger partial charge in [-0.05, 0) is 39.9 Å². The van der Waals surface area contributed by atoms with E-state index in [9.17, 15) is 4.79 Å². The van der Waals surface area contributed by atoms with Crippen LogP contribution in [0.1, 0.15) is 23.1 Å². The molecule has 2 aromatic rings. The van der Waals surface area contributed by atoms with Gasteiger partial charge in [-0.2, -0.15) is 0 Å². The number of rotatable bonds is 2. The summed E-state index contributed by atoms with van der Waals surface area (Å²) >= 11 is 7.33. The average Bonchev–Trinajstić information content (AvgIpc) is 2.62. The van der Waals surface area contributed by atoms with Crippen LogP contribution in [0, 0.1) is 0 Å². The number of halogens is 1. The van der Waals surface area contributed by atoms with Gasteiger partial charge in [0.05, 0.1) is 0 Å². The number of carbonyl (C=O) groups excluding carboxylic acids is 1. The molecule has 0 aliphatic carbocycles. The average molecular weight is 301 g/mol. The summed E-state index contributed by atoms with van der Waals surface area (Å²) in [5, 5.41) is -0.329. The van der Waals surface area contributed by atoms with E-state index in [1.54, 1.807) is 0 Å². The van der Waals surface area contributed by atoms with Crippen LogP contribution in [0.15, 0.2) is 59.5 Å². The smallest absolute Gasteiger partial charge is 0.225 e. The first-order valence-electron chi connectivity index (χ1n) is 6.44. The van der Waals surface area contributed by atoms with Crippen LogP contribution in [-0.2, 0) is 10.5 Å². The van der Waals surface area contributed by atoms with Crippen molar-refractivity contribution in [2.45, 2.75) is 17.1 Å². The Bertz CT molecular complexity index is 641. The predicted molar refractivity (Wildman–Crippen MR) is 85.0 cm³/mol. The van der Waals surface area contributed by atoms with Crippen LogP contribution in [0.25, 0.3) is 5.57 Å². The first-order valence-corrected chi connectivity index (χ1v) is 7.81. The lowest BCUT2D eigenvalue weighted by molar-refractivity contribution is -0.110. The van der Waals surface area contributed by atoms with Crippen LogP contribution in [0.4, 0.5) is 0 Å². The van der Waals surface area contributed by atoms with Gasteiger partial charge in [0.15, 0.2) is 0 Å². The van der Waals surface area contributed by atoms with E-state index < -0.39 is 0 Å². The van der Waals surface area contributed by atoms with Gasteiger partial charge in [-0.3, -0.25) is 4.79 Å². The first kappa shape index (κ1) is 13.5. The first-order chi connectivity index (χ1) is 9.75. The molecule has 1 aliphatic rings. The Labute approximate surface area is 127 Å². The van der Waals surface area contributed by atoms with Crippen molar-refractivity contribution in [3.8, 4) is 0 Å². The Morgan fingerprint density at radius 1 is 1.10 bits per heavy atom. The van der Waals surface area contributed by atoms with E-state index in [2.05, 4.69) is 30.3 Å². The molecule has 0 spiro atoms. The number of carbonyl (C=O) groups is 1. The van der Waals surface area contributed by atoms with Gasteiger partial charge < -0.3 is 0 Å². The van der Waals surface area contributed by atoms with Crippen molar-refractivity contribution >= 4 is 34.2 Å². The molecule has 2 aromatic carbocycles. The summed E-state index contributed by atoms with van der Waals surface area (Å²) < 4.78 is 0. The van der Waals surface area contributed by atoms with Crippen molar-refractivity contribution in [2.75, 3.05) is 0 Å². The van der Waals surface area contributed by atoms with E-state index in [1.807, 2.05) is 36.0 Å². The van der Waals surface area contributed by atoms with E-state index >= 15 is 0 Å². The van der Waals surface area contributed by atoms with Crippen LogP contribution < -0.4 is 0 Å². The second-order valence-corrected chi connectivity index (χ2v) is 6.06. The van der Waals surface area contributed by atoms with Crippen LogP contribution in [-0.4, -0.2) is 5.24 Å². The van der Waals surface area contributed by atoms with Gasteiger partial charge in [0.1, 0.15) is 0 Å². The lowest BCUT2D eigenvalue weighted by Crippen LogP contribution is -1.93. The highest BCUT2D eigenvalue weighted by atomic mass is 35.5. The minimum absolute atomic E-state index is 0.254. The SMILES string of the molecule is O=C(Cl)C/C=C1\c2ccccc2CSc2ccccc21. The molecule has 0 unspecified atom stereocenters. The van der Waals surface area contributed by atoms with E-state index in [-0.39, 0.29) is 11.7 Å². The van der Waals surface area contributed by atoms with Crippen LogP contribution >= 0.6 is 23.4 Å². The topological polar surface area (TPSA) is 17.1 Å². The largest absolute Gasteiger partial charge is 0.281 e. The number of fused-ring (bicyclic) bond motifs is 2. The maximum Gasteiger partial charge on any atom is 0.225 e. The van der Waals surface area contributed by atoms with Gasteiger partial charge in [0.25, 0.3) is 0 Å². The summed E-state index contributed by atoms with van der Waals surface area (Å²) in [7, 11) is 0. The molecule has 0 atom stereocenters. The molecule has 1 nitrogen and oxygen atoms in total. The summed E-state index contributed by atoms with van der Waals surface area (Å²) in [5.74, 6) is 0.944. The van der Waals surface area contributed by atoms with Crippen molar-refractivity contribution in [3.63, 3.8) is 0 Å². The van der Waals surface area contributed by atoms with Crippen molar-refractivity contribution in [1.29, 1.82) is 0 Å². The molecular weight excluding hydrogens is 288 g/mol. The van der Waals surface area contributed by atoms with E-state index in [0.717, 1.165) is 11.3 Å². The van der Waals surface area contributed by atoms with E-state index in [0.29, 0.717) is 0 Å². The van der Waals surface area contributed by atoms with Gasteiger partial charge in [-0.1, -0.05) is 48.5 Å². The number of hydrogen-bond acceptors (Lipinski definition) is 2. The van der Waals surface area contributed by atoms with E-state index in [4.69, 9.17) is 11.6 Å². The third-order valence-electron chi connectivity index (χ3n) is 3.33. The molecule has 0 N–H and O–H groups in total. The molecule has 0 saturated carbocycles. The fraction of sp³-hybridized carbons (Fsp3) is 0.118. The Morgan fingerprint density at radius 3 is 2.60 bits per heavy atom. The molecule has 0 aromatic heterocycles. The molecule has 1 heterocycles. The Balaban J connectivity index is 2.19. The van der Waals surface area contributed by atoms with Crippen molar-refractivity contribution in [3.05, 3.63) is 71.3 Å². The molecule has 0 fully saturated rings. The lowest BCUT2D eigenvalue weighted by atomic mass is 9.94. The second-order valence-electron chi connectivity index (χ2n) is 4.62. The molecule has 0 bridgehead atoms.